The lowest BCUT2D eigenvalue weighted by atomic mass is 10.3. The van der Waals surface area contributed by atoms with Gasteiger partial charge in [-0.05, 0) is 6.42 Å². The molecule has 0 spiro atoms. The van der Waals surface area contributed by atoms with Crippen molar-refractivity contribution in [2.24, 2.45) is 0 Å². The maximum Gasteiger partial charge on any atom is 0.318 e. The average molecular weight is 262 g/mol. The molecular weight excluding hydrogens is 244 g/mol. The molecule has 0 heterocycles. The fourth-order valence-corrected chi connectivity index (χ4v) is 2.43. The topological polar surface area (TPSA) is 77.9 Å². The number of rotatable bonds is 8. The highest BCUT2D eigenvalue weighted by Crippen LogP contribution is 2.07. The van der Waals surface area contributed by atoms with Gasteiger partial charge in [-0.1, -0.05) is 19.3 Å². The minimum atomic E-state index is -3.79. The van der Waals surface area contributed by atoms with E-state index in [0.29, 0.717) is 13.0 Å². The highest BCUT2D eigenvalue weighted by molar-refractivity contribution is 7.86. The van der Waals surface area contributed by atoms with Gasteiger partial charge in [-0.2, -0.15) is 17.0 Å². The van der Waals surface area contributed by atoms with Crippen molar-refractivity contribution in [3.8, 4) is 12.3 Å². The van der Waals surface area contributed by atoms with Crippen molar-refractivity contribution in [2.45, 2.75) is 19.8 Å². The van der Waals surface area contributed by atoms with Gasteiger partial charge in [0.25, 0.3) is 10.2 Å². The molecule has 0 saturated heterocycles. The van der Waals surface area contributed by atoms with Gasteiger partial charge in [0.1, 0.15) is 6.54 Å². The lowest BCUT2D eigenvalue weighted by Crippen LogP contribution is -2.44. The fraction of sp³-hybridized carbons (Fsp3) is 0.700. The maximum atomic E-state index is 12.0. The Morgan fingerprint density at radius 1 is 1.47 bits per heavy atom. The summed E-state index contributed by atoms with van der Waals surface area (Å²) in [7, 11) is -2.37. The summed E-state index contributed by atoms with van der Waals surface area (Å²) in [4.78, 5) is 10.6. The van der Waals surface area contributed by atoms with Crippen molar-refractivity contribution in [3.63, 3.8) is 0 Å². The van der Waals surface area contributed by atoms with Crippen molar-refractivity contribution < 1.29 is 18.3 Å². The number of carboxylic acids is 1. The number of carboxylic acid groups (broad SMARTS) is 1. The Bertz CT molecular complexity index is 386. The molecule has 0 aliphatic heterocycles. The molecule has 0 amide bonds. The van der Waals surface area contributed by atoms with E-state index < -0.39 is 22.7 Å². The molecule has 0 bridgehead atoms. The second kappa shape index (κ2) is 7.27. The van der Waals surface area contributed by atoms with Crippen LogP contribution in [0.4, 0.5) is 0 Å². The SMILES string of the molecule is C#CCN(CC(=O)O)S(=O)(=O)N(C)CCCC. The molecular formula is C10H18N2O4S. The zero-order valence-electron chi connectivity index (χ0n) is 10.1. The average Bonchev–Trinajstić information content (AvgIpc) is 2.24. The zero-order valence-corrected chi connectivity index (χ0v) is 10.9. The van der Waals surface area contributed by atoms with Crippen LogP contribution < -0.4 is 0 Å². The standard InChI is InChI=1S/C10H18N2O4S/c1-4-6-8-11(3)17(15,16)12(7-5-2)9-10(13)14/h2H,4,6-9H2,1,3H3,(H,13,14). The van der Waals surface area contributed by atoms with Crippen molar-refractivity contribution in [1.82, 2.24) is 8.61 Å². The summed E-state index contributed by atoms with van der Waals surface area (Å²) < 4.78 is 25.8. The van der Waals surface area contributed by atoms with Gasteiger partial charge in [0.05, 0.1) is 6.54 Å². The molecule has 0 saturated carbocycles. The third kappa shape index (κ3) is 5.17. The van der Waals surface area contributed by atoms with Crippen molar-refractivity contribution in [3.05, 3.63) is 0 Å². The number of hydrogen-bond donors (Lipinski definition) is 1. The van der Waals surface area contributed by atoms with Crippen molar-refractivity contribution in [1.29, 1.82) is 0 Å². The summed E-state index contributed by atoms with van der Waals surface area (Å²) in [6.07, 6.45) is 6.60. The lowest BCUT2D eigenvalue weighted by molar-refractivity contribution is -0.137. The number of hydrogen-bond acceptors (Lipinski definition) is 3. The normalized spacial score (nSPS) is 11.7. The van der Waals surface area contributed by atoms with Crippen LogP contribution in [0.3, 0.4) is 0 Å². The molecule has 0 radical (unpaired) electrons. The molecule has 7 heteroatoms. The first-order valence-electron chi connectivity index (χ1n) is 5.22. The van der Waals surface area contributed by atoms with Crippen LogP contribution in [0.5, 0.6) is 0 Å². The summed E-state index contributed by atoms with van der Waals surface area (Å²) in [6, 6.07) is 0. The Morgan fingerprint density at radius 3 is 2.47 bits per heavy atom. The van der Waals surface area contributed by atoms with E-state index in [4.69, 9.17) is 11.5 Å². The molecule has 0 rings (SSSR count). The van der Waals surface area contributed by atoms with Gasteiger partial charge in [0.2, 0.25) is 0 Å². The van der Waals surface area contributed by atoms with Gasteiger partial charge in [0.15, 0.2) is 0 Å². The molecule has 0 aromatic rings. The van der Waals surface area contributed by atoms with E-state index in [0.717, 1.165) is 15.0 Å². The largest absolute Gasteiger partial charge is 0.480 e. The molecule has 0 aliphatic carbocycles. The van der Waals surface area contributed by atoms with E-state index in [1.807, 2.05) is 6.92 Å². The van der Waals surface area contributed by atoms with Crippen LogP contribution in [0.15, 0.2) is 0 Å². The highest BCUT2D eigenvalue weighted by atomic mass is 32.2. The molecule has 98 valence electrons. The van der Waals surface area contributed by atoms with Gasteiger partial charge in [-0.3, -0.25) is 4.79 Å². The first kappa shape index (κ1) is 15.9. The number of terminal acetylenes is 1. The van der Waals surface area contributed by atoms with E-state index in [-0.39, 0.29) is 6.54 Å². The lowest BCUT2D eigenvalue weighted by Gasteiger charge is -2.24. The molecule has 0 unspecified atom stereocenters. The van der Waals surface area contributed by atoms with E-state index in [9.17, 15) is 13.2 Å². The van der Waals surface area contributed by atoms with Crippen LogP contribution >= 0.6 is 0 Å². The molecule has 6 nitrogen and oxygen atoms in total. The van der Waals surface area contributed by atoms with Crippen molar-refractivity contribution >= 4 is 16.2 Å². The van der Waals surface area contributed by atoms with Gasteiger partial charge in [-0.15, -0.1) is 6.42 Å². The van der Waals surface area contributed by atoms with Gasteiger partial charge in [0, 0.05) is 13.6 Å². The van der Waals surface area contributed by atoms with Crippen LogP contribution in [0, 0.1) is 12.3 Å². The number of aliphatic carboxylic acids is 1. The molecule has 1 N–H and O–H groups in total. The molecule has 0 aromatic carbocycles. The molecule has 17 heavy (non-hydrogen) atoms. The summed E-state index contributed by atoms with van der Waals surface area (Å²) in [5.74, 6) is 0.918. The van der Waals surface area contributed by atoms with Gasteiger partial charge < -0.3 is 5.11 Å². The second-order valence-corrected chi connectivity index (χ2v) is 5.58. The monoisotopic (exact) mass is 262 g/mol. The minimum absolute atomic E-state index is 0.245. The van der Waals surface area contributed by atoms with E-state index >= 15 is 0 Å². The maximum absolute atomic E-state index is 12.0. The smallest absolute Gasteiger partial charge is 0.318 e. The molecule has 0 aliphatic rings. The van der Waals surface area contributed by atoms with E-state index in [1.54, 1.807) is 0 Å². The zero-order chi connectivity index (χ0) is 13.5. The Morgan fingerprint density at radius 2 is 2.06 bits per heavy atom. The predicted molar refractivity (Wildman–Crippen MR) is 64.5 cm³/mol. The Hall–Kier alpha value is -1.10. The van der Waals surface area contributed by atoms with Crippen molar-refractivity contribution in [2.75, 3.05) is 26.7 Å². The van der Waals surface area contributed by atoms with Crippen LogP contribution in [0.1, 0.15) is 19.8 Å². The van der Waals surface area contributed by atoms with Gasteiger partial charge >= 0.3 is 5.97 Å². The van der Waals surface area contributed by atoms with Crippen LogP contribution in [0.2, 0.25) is 0 Å². The third-order valence-corrected chi connectivity index (χ3v) is 4.01. The van der Waals surface area contributed by atoms with Crippen LogP contribution in [-0.4, -0.2) is 54.8 Å². The van der Waals surface area contributed by atoms with E-state index in [1.165, 1.54) is 7.05 Å². The highest BCUT2D eigenvalue weighted by Gasteiger charge is 2.27. The Kier molecular flexibility index (Phi) is 6.80. The second-order valence-electron chi connectivity index (χ2n) is 3.55. The number of nitrogens with zero attached hydrogens (tertiary/aromatic N) is 2. The quantitative estimate of drug-likeness (QED) is 0.624. The van der Waals surface area contributed by atoms with Crippen LogP contribution in [-0.2, 0) is 15.0 Å². The number of carbonyl (C=O) groups is 1. The minimum Gasteiger partial charge on any atom is -0.480 e. The summed E-state index contributed by atoms with van der Waals surface area (Å²) in [6.45, 7) is 1.42. The summed E-state index contributed by atoms with van der Waals surface area (Å²) >= 11 is 0. The number of unbranched alkanes of at least 4 members (excludes halogenated alkanes) is 1. The molecule has 0 atom stereocenters. The molecule has 0 fully saturated rings. The molecule has 0 aromatic heterocycles. The predicted octanol–water partition coefficient (Wildman–Crippen LogP) is -0.0171. The first-order valence-corrected chi connectivity index (χ1v) is 6.62. The van der Waals surface area contributed by atoms with Gasteiger partial charge in [-0.25, -0.2) is 0 Å². The Balaban J connectivity index is 4.82. The fourth-order valence-electron chi connectivity index (χ4n) is 1.16. The van der Waals surface area contributed by atoms with E-state index in [2.05, 4.69) is 5.92 Å². The van der Waals surface area contributed by atoms with Crippen LogP contribution in [0.25, 0.3) is 0 Å². The summed E-state index contributed by atoms with van der Waals surface area (Å²) in [5.41, 5.74) is 0. The Labute approximate surface area is 102 Å². The summed E-state index contributed by atoms with van der Waals surface area (Å²) in [5, 5.41) is 8.64. The first-order chi connectivity index (χ1) is 7.86. The third-order valence-electron chi connectivity index (χ3n) is 2.13.